The molecule has 0 radical (unpaired) electrons. The van der Waals surface area contributed by atoms with E-state index in [2.05, 4.69) is 53.7 Å². The average molecular weight is 859 g/mol. The number of pyridine rings is 1. The maximum atomic E-state index is 13.6. The molecule has 326 valence electrons. The molecule has 2 atom stereocenters. The Kier molecular flexibility index (Phi) is 13.2. The first-order valence-corrected chi connectivity index (χ1v) is 25.4. The normalized spacial score (nSPS) is 18.3. The first-order valence-electron chi connectivity index (χ1n) is 21.7. The summed E-state index contributed by atoms with van der Waals surface area (Å²) in [5, 5.41) is 3.70. The van der Waals surface area contributed by atoms with E-state index in [1.54, 1.807) is 39.9 Å². The highest BCUT2D eigenvalue weighted by atomic mass is 28.3. The smallest absolute Gasteiger partial charge is 0.419 e. The van der Waals surface area contributed by atoms with E-state index in [9.17, 15) is 24.0 Å². The number of unbranched alkanes of at least 4 members (excludes halogenated alkanes) is 1. The number of nitrogens with zero attached hydrogens (tertiary/aromatic N) is 5. The Morgan fingerprint density at radius 1 is 1.00 bits per heavy atom. The molecular formula is C48H58N6O7Si. The number of amides is 4. The third kappa shape index (κ3) is 10.2. The molecule has 13 nitrogen and oxygen atoms in total. The Hall–Kier alpha value is -5.62. The van der Waals surface area contributed by atoms with Crippen molar-refractivity contribution in [3.05, 3.63) is 94.3 Å². The van der Waals surface area contributed by atoms with E-state index in [-0.39, 0.29) is 55.8 Å². The van der Waals surface area contributed by atoms with Gasteiger partial charge in [-0.3, -0.25) is 29.0 Å². The number of benzene rings is 2. The number of likely N-dealkylation sites (tertiary alicyclic amines) is 2. The minimum Gasteiger partial charge on any atom is -0.443 e. The maximum Gasteiger partial charge on any atom is 0.419 e. The lowest BCUT2D eigenvalue weighted by atomic mass is 10.0. The Bertz CT molecular complexity index is 2440. The highest BCUT2D eigenvalue weighted by Crippen LogP contribution is 2.36. The van der Waals surface area contributed by atoms with Crippen LogP contribution in [0.3, 0.4) is 0 Å². The fourth-order valence-electron chi connectivity index (χ4n) is 8.29. The van der Waals surface area contributed by atoms with Crippen molar-refractivity contribution in [3.8, 4) is 11.8 Å². The molecule has 3 aliphatic heterocycles. The third-order valence-electron chi connectivity index (χ3n) is 11.7. The first kappa shape index (κ1) is 44.4. The molecular weight excluding hydrogens is 801 g/mol. The molecule has 1 unspecified atom stereocenters. The van der Waals surface area contributed by atoms with Crippen LogP contribution in [0.15, 0.2) is 60.8 Å². The summed E-state index contributed by atoms with van der Waals surface area (Å²) in [5.41, 5.74) is 4.44. The number of aryl methyl sites for hydroxylation is 1. The largest absolute Gasteiger partial charge is 0.443 e. The topological polar surface area (TPSA) is 143 Å². The van der Waals surface area contributed by atoms with Gasteiger partial charge >= 0.3 is 6.09 Å². The summed E-state index contributed by atoms with van der Waals surface area (Å²) >= 11 is 0. The Morgan fingerprint density at radius 3 is 2.48 bits per heavy atom. The summed E-state index contributed by atoms with van der Waals surface area (Å²) in [5.74, 6) is 5.67. The molecule has 0 bridgehead atoms. The molecule has 2 aromatic carbocycles. The van der Waals surface area contributed by atoms with Crippen molar-refractivity contribution < 1.29 is 33.4 Å². The number of fused-ring (bicyclic) bond motifs is 2. The molecule has 62 heavy (non-hydrogen) atoms. The van der Waals surface area contributed by atoms with E-state index in [1.807, 2.05) is 51.1 Å². The van der Waals surface area contributed by atoms with E-state index in [0.717, 1.165) is 70.9 Å². The van der Waals surface area contributed by atoms with Gasteiger partial charge in [0.25, 0.3) is 17.7 Å². The van der Waals surface area contributed by atoms with Crippen molar-refractivity contribution in [2.75, 3.05) is 32.2 Å². The minimum absolute atomic E-state index is 0.0695. The average Bonchev–Trinajstić information content (AvgIpc) is 3.91. The van der Waals surface area contributed by atoms with Crippen molar-refractivity contribution >= 4 is 54.5 Å². The maximum absolute atomic E-state index is 13.6. The van der Waals surface area contributed by atoms with E-state index < -0.39 is 25.8 Å². The van der Waals surface area contributed by atoms with Gasteiger partial charge < -0.3 is 19.7 Å². The van der Waals surface area contributed by atoms with E-state index in [1.165, 1.54) is 0 Å². The predicted octanol–water partition coefficient (Wildman–Crippen LogP) is 8.00. The standard InChI is InChI=1S/C48H58N6O7Si/c1-48(2,3)61-47(59)54-40-28-42(49-29-35(40)27-41(54)38-17-12-24-51(38)4)50-44(56)34-20-18-32(19-21-34)13-9-8-10-14-33-15-11-16-36-37(33)30-52(45(36)57)39-22-23-43(55)53(46(39)58)31-60-25-26-62(5,6)7/h11,15-16,18-21,27-29,38-39H,8-9,12-13,17,22-26,30-31H2,1-7H3,(H,49,50,56)/t38-,39?/m1/s1. The number of hydrogen-bond donors (Lipinski definition) is 1. The number of hydrogen-bond acceptors (Lipinski definition) is 9. The lowest BCUT2D eigenvalue weighted by molar-refractivity contribution is -0.158. The number of carbonyl (C=O) groups is 5. The van der Waals surface area contributed by atoms with Gasteiger partial charge in [-0.1, -0.05) is 49.7 Å². The first-order chi connectivity index (χ1) is 29.5. The molecule has 4 amide bonds. The van der Waals surface area contributed by atoms with Crippen molar-refractivity contribution in [1.29, 1.82) is 0 Å². The van der Waals surface area contributed by atoms with Gasteiger partial charge in [0.15, 0.2) is 0 Å². The van der Waals surface area contributed by atoms with Gasteiger partial charge in [-0.2, -0.15) is 0 Å². The van der Waals surface area contributed by atoms with Crippen LogP contribution in [0, 0.1) is 11.8 Å². The zero-order valence-electron chi connectivity index (χ0n) is 37.0. The molecule has 14 heteroatoms. The summed E-state index contributed by atoms with van der Waals surface area (Å²) in [7, 11) is 0.732. The molecule has 0 aliphatic carbocycles. The second-order valence-corrected chi connectivity index (χ2v) is 24.4. The van der Waals surface area contributed by atoms with Crippen LogP contribution in [0.2, 0.25) is 25.7 Å². The van der Waals surface area contributed by atoms with Crippen molar-refractivity contribution in [3.63, 3.8) is 0 Å². The van der Waals surface area contributed by atoms with E-state index >= 15 is 0 Å². The lowest BCUT2D eigenvalue weighted by Crippen LogP contribution is -2.55. The number of rotatable bonds is 12. The Labute approximate surface area is 365 Å². The number of anilines is 1. The Balaban J connectivity index is 0.937. The van der Waals surface area contributed by atoms with Gasteiger partial charge in [0.1, 0.15) is 24.2 Å². The monoisotopic (exact) mass is 858 g/mol. The van der Waals surface area contributed by atoms with Crippen LogP contribution in [0.1, 0.15) is 108 Å². The highest BCUT2D eigenvalue weighted by molar-refractivity contribution is 6.76. The second kappa shape index (κ2) is 18.4. The van der Waals surface area contributed by atoms with Crippen molar-refractivity contribution in [1.82, 2.24) is 24.3 Å². The third-order valence-corrected chi connectivity index (χ3v) is 13.4. The number of ether oxygens (including phenoxy) is 2. The van der Waals surface area contributed by atoms with E-state index in [4.69, 9.17) is 9.47 Å². The minimum atomic E-state index is -1.33. The summed E-state index contributed by atoms with van der Waals surface area (Å²) in [6.45, 7) is 13.9. The summed E-state index contributed by atoms with van der Waals surface area (Å²) in [6, 6.07) is 16.9. The van der Waals surface area contributed by atoms with Crippen LogP contribution in [0.4, 0.5) is 10.6 Å². The molecule has 5 heterocycles. The lowest BCUT2D eigenvalue weighted by Gasteiger charge is -2.35. The predicted molar refractivity (Wildman–Crippen MR) is 240 cm³/mol. The number of imide groups is 1. The molecule has 3 aliphatic rings. The van der Waals surface area contributed by atoms with Gasteiger partial charge in [-0.25, -0.2) is 14.3 Å². The summed E-state index contributed by atoms with van der Waals surface area (Å²) in [6.07, 6.45) is 5.82. The molecule has 7 rings (SSSR count). The molecule has 0 saturated carbocycles. The van der Waals surface area contributed by atoms with Gasteiger partial charge in [-0.15, -0.1) is 0 Å². The van der Waals surface area contributed by atoms with Crippen LogP contribution < -0.4 is 5.32 Å². The number of nitrogens with one attached hydrogen (secondary N) is 1. The Morgan fingerprint density at radius 2 is 1.77 bits per heavy atom. The summed E-state index contributed by atoms with van der Waals surface area (Å²) < 4.78 is 13.2. The highest BCUT2D eigenvalue weighted by Gasteiger charge is 2.43. The van der Waals surface area contributed by atoms with Gasteiger partial charge in [0.2, 0.25) is 5.91 Å². The van der Waals surface area contributed by atoms with Crippen molar-refractivity contribution in [2.45, 2.75) is 116 Å². The van der Waals surface area contributed by atoms with Gasteiger partial charge in [0, 0.05) is 74.1 Å². The number of carbonyl (C=O) groups excluding carboxylic acids is 5. The zero-order chi connectivity index (χ0) is 44.3. The summed E-state index contributed by atoms with van der Waals surface area (Å²) in [4.78, 5) is 76.1. The van der Waals surface area contributed by atoms with Crippen LogP contribution in [-0.2, 0) is 32.0 Å². The second-order valence-electron chi connectivity index (χ2n) is 18.8. The molecule has 4 aromatic rings. The van der Waals surface area contributed by atoms with Crippen LogP contribution in [0.5, 0.6) is 0 Å². The van der Waals surface area contributed by atoms with Crippen molar-refractivity contribution in [2.24, 2.45) is 0 Å². The fraction of sp³-hybridized carbons (Fsp3) is 0.458. The van der Waals surface area contributed by atoms with E-state index in [0.29, 0.717) is 35.5 Å². The fourth-order valence-corrected chi connectivity index (χ4v) is 9.04. The molecule has 0 spiro atoms. The molecule has 2 saturated heterocycles. The zero-order valence-corrected chi connectivity index (χ0v) is 38.0. The molecule has 2 fully saturated rings. The quantitative estimate of drug-likeness (QED) is 0.0649. The van der Waals surface area contributed by atoms with Gasteiger partial charge in [0.05, 0.1) is 11.6 Å². The van der Waals surface area contributed by atoms with Crippen LogP contribution >= 0.6 is 0 Å². The van der Waals surface area contributed by atoms with Crippen LogP contribution in [0.25, 0.3) is 10.9 Å². The molecule has 1 N–H and O–H groups in total. The number of aromatic nitrogens is 2. The number of piperidine rings is 1. The molecule has 2 aromatic heterocycles. The van der Waals surface area contributed by atoms with Gasteiger partial charge in [-0.05, 0) is 114 Å². The SMILES string of the molecule is CN1CCC[C@@H]1c1cc2cnc(NC(=O)c3ccc(CCCC#Cc4cccc5c4CN(C4CCC(=O)N(COCC[Si](C)(C)C)C4=O)C5=O)cc3)cc2n1C(=O)OC(C)(C)C. The van der Waals surface area contributed by atoms with Crippen LogP contribution in [-0.4, -0.2) is 101 Å².